The largest absolute Gasteiger partial charge is 0.438 e. The van der Waals surface area contributed by atoms with Crippen LogP contribution < -0.4 is 9.88 Å². The molecule has 0 saturated heterocycles. The van der Waals surface area contributed by atoms with Gasteiger partial charge in [0.25, 0.3) is 0 Å². The molecule has 0 fully saturated rings. The maximum Gasteiger partial charge on any atom is 0.243 e. The van der Waals surface area contributed by atoms with E-state index in [1.807, 2.05) is 12.1 Å². The third-order valence-electron chi connectivity index (χ3n) is 2.72. The number of hydrogen-bond donors (Lipinski definition) is 1. The zero-order valence-corrected chi connectivity index (χ0v) is 11.9. The number of ether oxygens (including phenoxy) is 1. The summed E-state index contributed by atoms with van der Waals surface area (Å²) in [5, 5.41) is 5.13. The molecule has 0 saturated carbocycles. The first-order valence-electron chi connectivity index (χ1n) is 6.25. The summed E-state index contributed by atoms with van der Waals surface area (Å²) in [7, 11) is -3.86. The first-order valence-corrected chi connectivity index (χ1v) is 7.80. The Labute approximate surface area is 118 Å². The highest BCUT2D eigenvalue weighted by Gasteiger charge is 2.16. The smallest absolute Gasteiger partial charge is 0.243 e. The Kier molecular flexibility index (Phi) is 4.36. The number of hydrogen-bond acceptors (Lipinski definition) is 4. The van der Waals surface area contributed by atoms with Crippen molar-refractivity contribution in [3.8, 4) is 11.6 Å². The predicted molar refractivity (Wildman–Crippen MR) is 76.1 cm³/mol. The number of rotatable bonds is 5. The van der Waals surface area contributed by atoms with E-state index in [-0.39, 0.29) is 10.8 Å². The van der Waals surface area contributed by atoms with E-state index in [0.717, 1.165) is 12.8 Å². The van der Waals surface area contributed by atoms with Crippen LogP contribution in [0, 0.1) is 0 Å². The molecule has 20 heavy (non-hydrogen) atoms. The fourth-order valence-electron chi connectivity index (χ4n) is 1.79. The molecule has 106 valence electrons. The van der Waals surface area contributed by atoms with Crippen molar-refractivity contribution < 1.29 is 13.2 Å². The number of sulfonamides is 1. The normalized spacial score (nSPS) is 11.3. The van der Waals surface area contributed by atoms with Gasteiger partial charge >= 0.3 is 0 Å². The summed E-state index contributed by atoms with van der Waals surface area (Å²) in [5.41, 5.74) is 1.20. The molecule has 1 aromatic heterocycles. The third-order valence-corrected chi connectivity index (χ3v) is 3.64. The minimum atomic E-state index is -3.86. The van der Waals surface area contributed by atoms with Gasteiger partial charge < -0.3 is 4.74 Å². The predicted octanol–water partition coefficient (Wildman–Crippen LogP) is 2.47. The Hall–Kier alpha value is -1.92. The van der Waals surface area contributed by atoms with Gasteiger partial charge in [0, 0.05) is 6.20 Å². The second-order valence-corrected chi connectivity index (χ2v) is 5.88. The van der Waals surface area contributed by atoms with Crippen LogP contribution in [0.2, 0.25) is 0 Å². The quantitative estimate of drug-likeness (QED) is 0.917. The molecule has 0 bridgehead atoms. The molecule has 1 heterocycles. The van der Waals surface area contributed by atoms with Crippen molar-refractivity contribution in [1.29, 1.82) is 0 Å². The molecule has 2 rings (SSSR count). The van der Waals surface area contributed by atoms with Crippen molar-refractivity contribution in [2.45, 2.75) is 24.7 Å². The Morgan fingerprint density at radius 2 is 1.90 bits per heavy atom. The fourth-order valence-corrected chi connectivity index (χ4v) is 2.40. The average molecular weight is 292 g/mol. The molecule has 6 heteroatoms. The van der Waals surface area contributed by atoms with Crippen LogP contribution >= 0.6 is 0 Å². The van der Waals surface area contributed by atoms with Crippen molar-refractivity contribution in [2.75, 3.05) is 0 Å². The molecule has 0 aliphatic rings. The summed E-state index contributed by atoms with van der Waals surface area (Å²) >= 11 is 0. The molecule has 0 amide bonds. The minimum Gasteiger partial charge on any atom is -0.438 e. The molecule has 0 spiro atoms. The lowest BCUT2D eigenvalue weighted by Gasteiger charge is -2.08. The summed E-state index contributed by atoms with van der Waals surface area (Å²) in [4.78, 5) is 3.79. The van der Waals surface area contributed by atoms with Crippen molar-refractivity contribution >= 4 is 10.0 Å². The molecule has 0 radical (unpaired) electrons. The van der Waals surface area contributed by atoms with Crippen LogP contribution in [0.3, 0.4) is 0 Å². The van der Waals surface area contributed by atoms with E-state index >= 15 is 0 Å². The zero-order valence-electron chi connectivity index (χ0n) is 11.1. The van der Waals surface area contributed by atoms with E-state index in [4.69, 9.17) is 9.88 Å². The lowest BCUT2D eigenvalue weighted by Crippen LogP contribution is -2.13. The standard InChI is InChI=1S/C14H16N2O3S/c1-2-4-11-6-8-12(9-7-11)19-14-13(20(15,17)18)5-3-10-16-14/h3,5-10H,2,4H2,1H3,(H2,15,17,18). The summed E-state index contributed by atoms with van der Waals surface area (Å²) in [6.45, 7) is 2.11. The van der Waals surface area contributed by atoms with E-state index in [1.54, 1.807) is 12.1 Å². The van der Waals surface area contributed by atoms with Crippen molar-refractivity contribution in [3.63, 3.8) is 0 Å². The molecule has 0 aliphatic heterocycles. The highest BCUT2D eigenvalue weighted by Crippen LogP contribution is 2.25. The number of benzene rings is 1. The van der Waals surface area contributed by atoms with Gasteiger partial charge in [0.2, 0.25) is 15.9 Å². The molecule has 5 nitrogen and oxygen atoms in total. The summed E-state index contributed by atoms with van der Waals surface area (Å²) in [6, 6.07) is 10.3. The van der Waals surface area contributed by atoms with Gasteiger partial charge in [-0.25, -0.2) is 18.5 Å². The third kappa shape index (κ3) is 3.55. The molecular formula is C14H16N2O3S. The zero-order chi connectivity index (χ0) is 14.6. The maximum absolute atomic E-state index is 11.4. The molecule has 2 aromatic rings. The molecule has 0 aliphatic carbocycles. The Morgan fingerprint density at radius 3 is 2.50 bits per heavy atom. The fraction of sp³-hybridized carbons (Fsp3) is 0.214. The second-order valence-electron chi connectivity index (χ2n) is 4.35. The highest BCUT2D eigenvalue weighted by atomic mass is 32.2. The lowest BCUT2D eigenvalue weighted by molar-refractivity contribution is 0.447. The van der Waals surface area contributed by atoms with Gasteiger partial charge in [0.1, 0.15) is 10.6 Å². The number of nitrogens with zero attached hydrogens (tertiary/aromatic N) is 1. The van der Waals surface area contributed by atoms with Crippen molar-refractivity contribution in [1.82, 2.24) is 4.98 Å². The molecule has 2 N–H and O–H groups in total. The van der Waals surface area contributed by atoms with Gasteiger partial charge in [-0.1, -0.05) is 25.5 Å². The Morgan fingerprint density at radius 1 is 1.20 bits per heavy atom. The summed E-state index contributed by atoms with van der Waals surface area (Å²) in [6.07, 6.45) is 3.51. The number of nitrogens with two attached hydrogens (primary N) is 1. The van der Waals surface area contributed by atoms with Gasteiger partial charge in [0.05, 0.1) is 0 Å². The van der Waals surface area contributed by atoms with Gasteiger partial charge in [-0.3, -0.25) is 0 Å². The van der Waals surface area contributed by atoms with Gasteiger partial charge in [0.15, 0.2) is 0 Å². The molecule has 0 atom stereocenters. The lowest BCUT2D eigenvalue weighted by atomic mass is 10.1. The molecular weight excluding hydrogens is 276 g/mol. The van der Waals surface area contributed by atoms with Gasteiger partial charge in [-0.05, 0) is 36.2 Å². The van der Waals surface area contributed by atoms with E-state index in [1.165, 1.54) is 23.9 Å². The first kappa shape index (κ1) is 14.5. The van der Waals surface area contributed by atoms with Crippen LogP contribution in [0.1, 0.15) is 18.9 Å². The number of aromatic nitrogens is 1. The molecule has 1 aromatic carbocycles. The van der Waals surface area contributed by atoms with E-state index in [0.29, 0.717) is 5.75 Å². The van der Waals surface area contributed by atoms with Crippen molar-refractivity contribution in [2.24, 2.45) is 5.14 Å². The van der Waals surface area contributed by atoms with Crippen LogP contribution in [-0.4, -0.2) is 13.4 Å². The van der Waals surface area contributed by atoms with Crippen LogP contribution in [0.25, 0.3) is 0 Å². The van der Waals surface area contributed by atoms with Crippen LogP contribution in [0.15, 0.2) is 47.5 Å². The highest BCUT2D eigenvalue weighted by molar-refractivity contribution is 7.89. The van der Waals surface area contributed by atoms with Crippen LogP contribution in [0.5, 0.6) is 11.6 Å². The summed E-state index contributed by atoms with van der Waals surface area (Å²) < 4.78 is 28.4. The van der Waals surface area contributed by atoms with E-state index < -0.39 is 10.0 Å². The Balaban J connectivity index is 2.26. The number of pyridine rings is 1. The minimum absolute atomic E-state index is 0.0155. The summed E-state index contributed by atoms with van der Waals surface area (Å²) in [5.74, 6) is 0.506. The topological polar surface area (TPSA) is 82.3 Å². The molecule has 0 unspecified atom stereocenters. The van der Waals surface area contributed by atoms with E-state index in [2.05, 4.69) is 11.9 Å². The van der Waals surface area contributed by atoms with Gasteiger partial charge in [-0.2, -0.15) is 0 Å². The van der Waals surface area contributed by atoms with E-state index in [9.17, 15) is 8.42 Å². The van der Waals surface area contributed by atoms with Gasteiger partial charge in [-0.15, -0.1) is 0 Å². The maximum atomic E-state index is 11.4. The monoisotopic (exact) mass is 292 g/mol. The van der Waals surface area contributed by atoms with Crippen LogP contribution in [-0.2, 0) is 16.4 Å². The average Bonchev–Trinajstić information content (AvgIpc) is 2.41. The number of aryl methyl sites for hydroxylation is 1. The van der Waals surface area contributed by atoms with Crippen LogP contribution in [0.4, 0.5) is 0 Å². The number of primary sulfonamides is 1. The second kappa shape index (κ2) is 6.02. The SMILES string of the molecule is CCCc1ccc(Oc2ncccc2S(N)(=O)=O)cc1. The first-order chi connectivity index (χ1) is 9.50. The van der Waals surface area contributed by atoms with Crippen molar-refractivity contribution in [3.05, 3.63) is 48.2 Å². The Bertz CT molecular complexity index is 682.